The Morgan fingerprint density at radius 2 is 2.11 bits per heavy atom. The van der Waals surface area contributed by atoms with Crippen LogP contribution in [0.2, 0.25) is 5.02 Å². The first kappa shape index (κ1) is 14.3. The van der Waals surface area contributed by atoms with Crippen molar-refractivity contribution in [2.45, 2.75) is 19.8 Å². The quantitative estimate of drug-likeness (QED) is 0.891. The van der Waals surface area contributed by atoms with Gasteiger partial charge in [0.25, 0.3) is 0 Å². The number of hydrogen-bond donors (Lipinski definition) is 1. The molecule has 0 aliphatic carbocycles. The van der Waals surface area contributed by atoms with Crippen LogP contribution in [0, 0.1) is 0 Å². The zero-order valence-electron chi connectivity index (χ0n) is 10.6. The number of halogens is 1. The van der Waals surface area contributed by atoms with Crippen LogP contribution in [0.25, 0.3) is 0 Å². The molecule has 2 N–H and O–H groups in total. The molecule has 1 aromatic carbocycles. The fourth-order valence-electron chi connectivity index (χ4n) is 1.61. The normalized spacial score (nSPS) is 10.7. The minimum atomic E-state index is 0.380. The molecule has 19 heavy (non-hydrogen) atoms. The maximum atomic E-state index is 6.02. The van der Waals surface area contributed by atoms with Crippen LogP contribution in [0.15, 0.2) is 24.3 Å². The third-order valence-electron chi connectivity index (χ3n) is 2.48. The van der Waals surface area contributed by atoms with Gasteiger partial charge in [-0.25, -0.2) is 4.98 Å². The molecule has 0 aliphatic rings. The molecule has 0 amide bonds. The SMILES string of the molecule is COCc1nc(COc2ccccc2Cl)sc1CN. The Labute approximate surface area is 121 Å². The summed E-state index contributed by atoms with van der Waals surface area (Å²) in [5.74, 6) is 0.655. The highest BCUT2D eigenvalue weighted by Gasteiger charge is 2.10. The van der Waals surface area contributed by atoms with Gasteiger partial charge in [-0.1, -0.05) is 23.7 Å². The summed E-state index contributed by atoms with van der Waals surface area (Å²) < 4.78 is 10.7. The van der Waals surface area contributed by atoms with Gasteiger partial charge in [-0.05, 0) is 12.1 Å². The number of ether oxygens (including phenoxy) is 2. The number of thiazole rings is 1. The van der Waals surface area contributed by atoms with Crippen molar-refractivity contribution < 1.29 is 9.47 Å². The minimum absolute atomic E-state index is 0.380. The topological polar surface area (TPSA) is 57.4 Å². The van der Waals surface area contributed by atoms with Crippen molar-refractivity contribution in [2.24, 2.45) is 5.73 Å². The predicted molar refractivity (Wildman–Crippen MR) is 76.5 cm³/mol. The second-order valence-corrected chi connectivity index (χ2v) is 5.41. The smallest absolute Gasteiger partial charge is 0.140 e. The van der Waals surface area contributed by atoms with Crippen LogP contribution in [0.1, 0.15) is 15.6 Å². The molecule has 0 aliphatic heterocycles. The fourth-order valence-corrected chi connectivity index (χ4v) is 2.66. The average Bonchev–Trinajstić information content (AvgIpc) is 2.81. The Morgan fingerprint density at radius 1 is 1.32 bits per heavy atom. The second kappa shape index (κ2) is 6.86. The Kier molecular flexibility index (Phi) is 5.15. The van der Waals surface area contributed by atoms with Crippen LogP contribution in [0.5, 0.6) is 5.75 Å². The van der Waals surface area contributed by atoms with E-state index in [0.717, 1.165) is 15.6 Å². The van der Waals surface area contributed by atoms with Gasteiger partial charge in [0, 0.05) is 18.5 Å². The van der Waals surface area contributed by atoms with Crippen LogP contribution >= 0.6 is 22.9 Å². The molecule has 0 fully saturated rings. The molecule has 2 aromatic rings. The summed E-state index contributed by atoms with van der Waals surface area (Å²) in [4.78, 5) is 5.49. The van der Waals surface area contributed by atoms with E-state index in [9.17, 15) is 0 Å². The van der Waals surface area contributed by atoms with Gasteiger partial charge in [0.05, 0.1) is 17.3 Å². The van der Waals surface area contributed by atoms with E-state index >= 15 is 0 Å². The van der Waals surface area contributed by atoms with Crippen molar-refractivity contribution in [1.82, 2.24) is 4.98 Å². The van der Waals surface area contributed by atoms with E-state index in [1.54, 1.807) is 24.5 Å². The Hall–Kier alpha value is -1.14. The first-order valence-corrected chi connectivity index (χ1v) is 6.97. The highest BCUT2D eigenvalue weighted by molar-refractivity contribution is 7.11. The average molecular weight is 299 g/mol. The van der Waals surface area contributed by atoms with Gasteiger partial charge in [0.1, 0.15) is 17.4 Å². The molecule has 0 radical (unpaired) electrons. The highest BCUT2D eigenvalue weighted by Crippen LogP contribution is 2.25. The van der Waals surface area contributed by atoms with Crippen molar-refractivity contribution >= 4 is 22.9 Å². The molecule has 6 heteroatoms. The molecule has 0 atom stereocenters. The van der Waals surface area contributed by atoms with Gasteiger partial charge in [0.15, 0.2) is 0 Å². The van der Waals surface area contributed by atoms with E-state index in [1.807, 2.05) is 18.2 Å². The number of methoxy groups -OCH3 is 1. The third-order valence-corrected chi connectivity index (χ3v) is 3.88. The lowest BCUT2D eigenvalue weighted by molar-refractivity contribution is 0.181. The standard InChI is InChI=1S/C13H15ClN2O2S/c1-17-7-10-12(6-15)19-13(16-10)8-18-11-5-3-2-4-9(11)14/h2-5H,6-8,15H2,1H3. The van der Waals surface area contributed by atoms with Crippen molar-refractivity contribution in [3.05, 3.63) is 44.9 Å². The Bertz CT molecular complexity index is 545. The van der Waals surface area contributed by atoms with Crippen molar-refractivity contribution in [2.75, 3.05) is 7.11 Å². The predicted octanol–water partition coefficient (Wildman–Crippen LogP) is 2.98. The van der Waals surface area contributed by atoms with Gasteiger partial charge >= 0.3 is 0 Å². The summed E-state index contributed by atoms with van der Waals surface area (Å²) in [5, 5.41) is 1.46. The molecular weight excluding hydrogens is 284 g/mol. The lowest BCUT2D eigenvalue weighted by Crippen LogP contribution is -1.99. The van der Waals surface area contributed by atoms with Crippen LogP contribution < -0.4 is 10.5 Å². The molecular formula is C13H15ClN2O2S. The number of hydrogen-bond acceptors (Lipinski definition) is 5. The van der Waals surface area contributed by atoms with Gasteiger partial charge < -0.3 is 15.2 Å². The Balaban J connectivity index is 2.05. The lowest BCUT2D eigenvalue weighted by atomic mass is 10.3. The summed E-state index contributed by atoms with van der Waals surface area (Å²) in [6, 6.07) is 7.36. The number of aromatic nitrogens is 1. The molecule has 0 bridgehead atoms. The molecule has 0 saturated heterocycles. The van der Waals surface area contributed by atoms with Crippen LogP contribution in [-0.2, 0) is 24.5 Å². The highest BCUT2D eigenvalue weighted by atomic mass is 35.5. The molecule has 4 nitrogen and oxygen atoms in total. The van der Waals surface area contributed by atoms with Crippen LogP contribution in [0.3, 0.4) is 0 Å². The van der Waals surface area contributed by atoms with E-state index < -0.39 is 0 Å². The van der Waals surface area contributed by atoms with Crippen LogP contribution in [-0.4, -0.2) is 12.1 Å². The van der Waals surface area contributed by atoms with Crippen molar-refractivity contribution in [3.8, 4) is 5.75 Å². The van der Waals surface area contributed by atoms with E-state index in [-0.39, 0.29) is 0 Å². The van der Waals surface area contributed by atoms with Crippen LogP contribution in [0.4, 0.5) is 0 Å². The maximum Gasteiger partial charge on any atom is 0.140 e. The Morgan fingerprint density at radius 3 is 2.79 bits per heavy atom. The summed E-state index contributed by atoms with van der Waals surface area (Å²) in [7, 11) is 1.64. The van der Waals surface area contributed by atoms with E-state index in [2.05, 4.69) is 4.98 Å². The number of nitrogens with two attached hydrogens (primary N) is 1. The van der Waals surface area contributed by atoms with Gasteiger partial charge in [-0.2, -0.15) is 0 Å². The van der Waals surface area contributed by atoms with Crippen molar-refractivity contribution in [3.63, 3.8) is 0 Å². The zero-order chi connectivity index (χ0) is 13.7. The van der Waals surface area contributed by atoms with E-state index in [1.165, 1.54) is 0 Å². The summed E-state index contributed by atoms with van der Waals surface area (Å²) in [5.41, 5.74) is 6.56. The number of nitrogens with zero attached hydrogens (tertiary/aromatic N) is 1. The van der Waals surface area contributed by atoms with Gasteiger partial charge in [-0.15, -0.1) is 11.3 Å². The molecule has 1 heterocycles. The summed E-state index contributed by atoms with van der Waals surface area (Å²) in [6.07, 6.45) is 0. The fraction of sp³-hybridized carbons (Fsp3) is 0.308. The largest absolute Gasteiger partial charge is 0.485 e. The third kappa shape index (κ3) is 3.67. The molecule has 0 unspecified atom stereocenters. The lowest BCUT2D eigenvalue weighted by Gasteiger charge is -2.05. The second-order valence-electron chi connectivity index (χ2n) is 3.83. The number of rotatable bonds is 6. The van der Waals surface area contributed by atoms with E-state index in [0.29, 0.717) is 30.5 Å². The van der Waals surface area contributed by atoms with Crippen molar-refractivity contribution in [1.29, 1.82) is 0 Å². The van der Waals surface area contributed by atoms with E-state index in [4.69, 9.17) is 26.8 Å². The molecule has 0 spiro atoms. The molecule has 0 saturated carbocycles. The van der Waals surface area contributed by atoms with Gasteiger partial charge in [-0.3, -0.25) is 0 Å². The maximum absolute atomic E-state index is 6.02. The van der Waals surface area contributed by atoms with Gasteiger partial charge in [0.2, 0.25) is 0 Å². The first-order chi connectivity index (χ1) is 9.24. The molecule has 1 aromatic heterocycles. The number of para-hydroxylation sites is 1. The number of benzene rings is 1. The first-order valence-electron chi connectivity index (χ1n) is 5.78. The molecule has 2 rings (SSSR count). The minimum Gasteiger partial charge on any atom is -0.485 e. The monoisotopic (exact) mass is 298 g/mol. The zero-order valence-corrected chi connectivity index (χ0v) is 12.1. The summed E-state index contributed by atoms with van der Waals surface area (Å²) in [6.45, 7) is 1.31. The summed E-state index contributed by atoms with van der Waals surface area (Å²) >= 11 is 7.56. The molecule has 102 valence electrons.